The molecule has 0 aromatic heterocycles. The quantitative estimate of drug-likeness (QED) is 0.870. The zero-order chi connectivity index (χ0) is 15.1. The molecule has 0 unspecified atom stereocenters. The summed E-state index contributed by atoms with van der Waals surface area (Å²) in [6.45, 7) is 5.15. The number of nitrogens with one attached hydrogen (secondary N) is 1. The molecule has 4 saturated carbocycles. The van der Waals surface area contributed by atoms with Gasteiger partial charge in [-0.05, 0) is 75.7 Å². The molecule has 2 nitrogen and oxygen atoms in total. The fourth-order valence-corrected chi connectivity index (χ4v) is 5.51. The first-order valence-corrected chi connectivity index (χ1v) is 9.17. The zero-order valence-electron chi connectivity index (χ0n) is 13.9. The molecule has 120 valence electrons. The van der Waals surface area contributed by atoms with Gasteiger partial charge in [0.25, 0.3) is 0 Å². The van der Waals surface area contributed by atoms with Gasteiger partial charge in [0.2, 0.25) is 0 Å². The van der Waals surface area contributed by atoms with Crippen LogP contribution in [0.1, 0.15) is 51.5 Å². The van der Waals surface area contributed by atoms with E-state index in [1.54, 1.807) is 0 Å². The summed E-state index contributed by atoms with van der Waals surface area (Å²) < 4.78 is 5.96. The Labute approximate surface area is 134 Å². The second-order valence-electron chi connectivity index (χ2n) is 8.11. The van der Waals surface area contributed by atoms with Crippen molar-refractivity contribution in [3.05, 3.63) is 29.8 Å². The number of hydrogen-bond acceptors (Lipinski definition) is 2. The molecule has 0 spiro atoms. The molecule has 0 aliphatic heterocycles. The molecule has 1 aromatic rings. The van der Waals surface area contributed by atoms with Crippen molar-refractivity contribution < 1.29 is 4.74 Å². The monoisotopic (exact) mass is 299 g/mol. The minimum Gasteiger partial charge on any atom is -0.491 e. The molecular weight excluding hydrogens is 270 g/mol. The maximum Gasteiger partial charge on any atom is 0.124 e. The van der Waals surface area contributed by atoms with Gasteiger partial charge in [-0.3, -0.25) is 0 Å². The maximum atomic E-state index is 5.96. The van der Waals surface area contributed by atoms with Crippen molar-refractivity contribution >= 4 is 0 Å². The molecule has 0 atom stereocenters. The molecule has 22 heavy (non-hydrogen) atoms. The number of rotatable bonds is 5. The van der Waals surface area contributed by atoms with Crippen molar-refractivity contribution in [1.82, 2.24) is 5.32 Å². The molecule has 4 fully saturated rings. The Bertz CT molecular complexity index is 496. The zero-order valence-corrected chi connectivity index (χ0v) is 13.9. The highest BCUT2D eigenvalue weighted by Gasteiger charge is 2.47. The summed E-state index contributed by atoms with van der Waals surface area (Å²) in [7, 11) is 0. The third-order valence-electron chi connectivity index (χ3n) is 6.09. The van der Waals surface area contributed by atoms with Gasteiger partial charge in [0.15, 0.2) is 0 Å². The molecule has 4 aliphatic rings. The first-order chi connectivity index (χ1) is 10.7. The number of para-hydroxylation sites is 1. The van der Waals surface area contributed by atoms with Crippen molar-refractivity contribution in [3.8, 4) is 5.75 Å². The van der Waals surface area contributed by atoms with E-state index in [1.165, 1.54) is 37.7 Å². The third-order valence-corrected chi connectivity index (χ3v) is 6.09. The molecule has 0 saturated heterocycles. The van der Waals surface area contributed by atoms with E-state index in [9.17, 15) is 0 Å². The highest BCUT2D eigenvalue weighted by atomic mass is 16.5. The van der Waals surface area contributed by atoms with Gasteiger partial charge < -0.3 is 10.1 Å². The first kappa shape index (κ1) is 14.6. The summed E-state index contributed by atoms with van der Waals surface area (Å²) >= 11 is 0. The van der Waals surface area contributed by atoms with Gasteiger partial charge in [0, 0.05) is 18.2 Å². The van der Waals surface area contributed by atoms with E-state index in [-0.39, 0.29) is 6.10 Å². The smallest absolute Gasteiger partial charge is 0.124 e. The predicted molar refractivity (Wildman–Crippen MR) is 89.9 cm³/mol. The molecular formula is C20H29NO. The van der Waals surface area contributed by atoms with E-state index in [0.717, 1.165) is 42.0 Å². The third kappa shape index (κ3) is 2.78. The van der Waals surface area contributed by atoms with Crippen LogP contribution in [0.2, 0.25) is 0 Å². The van der Waals surface area contributed by atoms with E-state index < -0.39 is 0 Å². The van der Waals surface area contributed by atoms with E-state index in [4.69, 9.17) is 4.74 Å². The van der Waals surface area contributed by atoms with Crippen LogP contribution in [0.15, 0.2) is 24.3 Å². The lowest BCUT2D eigenvalue weighted by molar-refractivity contribution is -0.0143. The van der Waals surface area contributed by atoms with Crippen LogP contribution < -0.4 is 10.1 Å². The first-order valence-electron chi connectivity index (χ1n) is 9.17. The van der Waals surface area contributed by atoms with Crippen LogP contribution in [0.3, 0.4) is 0 Å². The summed E-state index contributed by atoms with van der Waals surface area (Å²) in [5.41, 5.74) is 1.31. The van der Waals surface area contributed by atoms with Crippen LogP contribution >= 0.6 is 0 Å². The lowest BCUT2D eigenvalue weighted by atomic mass is 9.54. The molecule has 5 rings (SSSR count). The minimum atomic E-state index is 0.238. The molecule has 0 amide bonds. The van der Waals surface area contributed by atoms with E-state index in [0.29, 0.717) is 0 Å². The second kappa shape index (κ2) is 5.88. The van der Waals surface area contributed by atoms with Crippen LogP contribution in [0.4, 0.5) is 0 Å². The Morgan fingerprint density at radius 3 is 2.27 bits per heavy atom. The van der Waals surface area contributed by atoms with Crippen molar-refractivity contribution in [1.29, 1.82) is 0 Å². The standard InChI is InChI=1S/C20H29NO/c1-13(2)22-19-6-4-3-5-16(19)12-21-20-17-8-14-7-15(10-17)11-18(20)9-14/h3-6,13-15,17-18,20-21H,7-12H2,1-2H3. The molecule has 1 aromatic carbocycles. The summed E-state index contributed by atoms with van der Waals surface area (Å²) in [4.78, 5) is 0. The topological polar surface area (TPSA) is 21.3 Å². The highest BCUT2D eigenvalue weighted by Crippen LogP contribution is 2.53. The lowest BCUT2D eigenvalue weighted by Gasteiger charge is -2.54. The predicted octanol–water partition coefficient (Wildman–Crippen LogP) is 4.39. The fourth-order valence-electron chi connectivity index (χ4n) is 5.51. The van der Waals surface area contributed by atoms with Crippen molar-refractivity contribution in [2.75, 3.05) is 0 Å². The average molecular weight is 299 g/mol. The van der Waals surface area contributed by atoms with Crippen LogP contribution in [0.25, 0.3) is 0 Å². The van der Waals surface area contributed by atoms with Gasteiger partial charge in [0.05, 0.1) is 6.10 Å². The van der Waals surface area contributed by atoms with E-state index in [1.807, 2.05) is 0 Å². The molecule has 0 heterocycles. The van der Waals surface area contributed by atoms with Gasteiger partial charge in [-0.2, -0.15) is 0 Å². The van der Waals surface area contributed by atoms with Crippen molar-refractivity contribution in [2.24, 2.45) is 23.7 Å². The molecule has 4 bridgehead atoms. The average Bonchev–Trinajstić information content (AvgIpc) is 2.47. The van der Waals surface area contributed by atoms with E-state index in [2.05, 4.69) is 43.4 Å². The van der Waals surface area contributed by atoms with Gasteiger partial charge in [0.1, 0.15) is 5.75 Å². The van der Waals surface area contributed by atoms with Crippen LogP contribution in [-0.4, -0.2) is 12.1 Å². The second-order valence-corrected chi connectivity index (χ2v) is 8.11. The molecule has 1 N–H and O–H groups in total. The maximum absolute atomic E-state index is 5.96. The minimum absolute atomic E-state index is 0.238. The fraction of sp³-hybridized carbons (Fsp3) is 0.700. The van der Waals surface area contributed by atoms with Crippen molar-refractivity contribution in [2.45, 2.75) is 64.6 Å². The highest BCUT2D eigenvalue weighted by molar-refractivity contribution is 5.33. The summed E-state index contributed by atoms with van der Waals surface area (Å²) in [5, 5.41) is 3.91. The number of ether oxygens (including phenoxy) is 1. The van der Waals surface area contributed by atoms with Gasteiger partial charge in [-0.15, -0.1) is 0 Å². The Hall–Kier alpha value is -1.02. The Balaban J connectivity index is 1.43. The lowest BCUT2D eigenvalue weighted by Crippen LogP contribution is -2.54. The number of benzene rings is 1. The van der Waals surface area contributed by atoms with Crippen molar-refractivity contribution in [3.63, 3.8) is 0 Å². The summed E-state index contributed by atoms with van der Waals surface area (Å²) in [6, 6.07) is 9.26. The largest absolute Gasteiger partial charge is 0.491 e. The SMILES string of the molecule is CC(C)Oc1ccccc1CNC1C2CC3CC(C2)CC1C3. The van der Waals surface area contributed by atoms with Crippen LogP contribution in [-0.2, 0) is 6.54 Å². The number of hydrogen-bond donors (Lipinski definition) is 1. The van der Waals surface area contributed by atoms with Gasteiger partial charge in [-0.25, -0.2) is 0 Å². The Kier molecular flexibility index (Phi) is 3.89. The Morgan fingerprint density at radius 1 is 1.00 bits per heavy atom. The summed E-state index contributed by atoms with van der Waals surface area (Å²) in [5.74, 6) is 5.03. The molecule has 0 radical (unpaired) electrons. The van der Waals surface area contributed by atoms with Gasteiger partial charge >= 0.3 is 0 Å². The summed E-state index contributed by atoms with van der Waals surface area (Å²) in [6.07, 6.45) is 7.69. The van der Waals surface area contributed by atoms with Crippen LogP contribution in [0, 0.1) is 23.7 Å². The van der Waals surface area contributed by atoms with Crippen LogP contribution in [0.5, 0.6) is 5.75 Å². The Morgan fingerprint density at radius 2 is 1.64 bits per heavy atom. The molecule has 2 heteroatoms. The molecule has 4 aliphatic carbocycles. The normalized spacial score (nSPS) is 36.0. The van der Waals surface area contributed by atoms with E-state index >= 15 is 0 Å². The van der Waals surface area contributed by atoms with Gasteiger partial charge in [-0.1, -0.05) is 18.2 Å².